The van der Waals surface area contributed by atoms with Crippen LogP contribution in [0.2, 0.25) is 5.02 Å². The topological polar surface area (TPSA) is 55.8 Å². The first-order valence-electron chi connectivity index (χ1n) is 7.52. The molecular formula is C18H18ClFO4. The van der Waals surface area contributed by atoms with Crippen molar-refractivity contribution in [1.29, 1.82) is 0 Å². The Bertz CT molecular complexity index is 746. The molecule has 0 unspecified atom stereocenters. The quantitative estimate of drug-likeness (QED) is 0.710. The maximum atomic E-state index is 13.7. The average molecular weight is 353 g/mol. The number of hydrogen-bond donors (Lipinski definition) is 1. The second kappa shape index (κ2) is 8.02. The Morgan fingerprint density at radius 2 is 1.96 bits per heavy atom. The van der Waals surface area contributed by atoms with Crippen molar-refractivity contribution in [3.05, 3.63) is 46.7 Å². The van der Waals surface area contributed by atoms with Crippen LogP contribution in [0.1, 0.15) is 30.1 Å². The molecule has 0 spiro atoms. The smallest absolute Gasteiger partial charge is 0.340 e. The van der Waals surface area contributed by atoms with Gasteiger partial charge in [-0.05, 0) is 36.8 Å². The molecule has 1 N–H and O–H groups in total. The largest absolute Gasteiger partial charge is 0.496 e. The molecule has 2 rings (SSSR count). The molecule has 4 nitrogen and oxygen atoms in total. The van der Waals surface area contributed by atoms with Gasteiger partial charge in [-0.25, -0.2) is 9.18 Å². The molecule has 24 heavy (non-hydrogen) atoms. The van der Waals surface area contributed by atoms with Crippen LogP contribution in [-0.4, -0.2) is 24.8 Å². The minimum Gasteiger partial charge on any atom is -0.496 e. The van der Waals surface area contributed by atoms with Gasteiger partial charge in [-0.3, -0.25) is 0 Å². The zero-order chi connectivity index (χ0) is 17.7. The van der Waals surface area contributed by atoms with Crippen LogP contribution in [0.25, 0.3) is 11.1 Å². The Labute approximate surface area is 144 Å². The van der Waals surface area contributed by atoms with Gasteiger partial charge in [0.1, 0.15) is 22.9 Å². The molecule has 0 radical (unpaired) electrons. The van der Waals surface area contributed by atoms with Crippen molar-refractivity contribution >= 4 is 17.6 Å². The zero-order valence-corrected chi connectivity index (χ0v) is 14.2. The molecule has 6 heteroatoms. The first-order valence-corrected chi connectivity index (χ1v) is 7.89. The molecule has 0 aromatic heterocycles. The van der Waals surface area contributed by atoms with Crippen molar-refractivity contribution < 1.29 is 23.8 Å². The number of ether oxygens (including phenoxy) is 2. The van der Waals surface area contributed by atoms with Crippen LogP contribution in [0.4, 0.5) is 4.39 Å². The number of carboxylic acids is 1. The van der Waals surface area contributed by atoms with Crippen molar-refractivity contribution in [3.8, 4) is 22.6 Å². The third-order valence-electron chi connectivity index (χ3n) is 3.52. The highest BCUT2D eigenvalue weighted by molar-refractivity contribution is 6.34. The Hall–Kier alpha value is -2.27. The van der Waals surface area contributed by atoms with Crippen LogP contribution in [0.15, 0.2) is 30.3 Å². The summed E-state index contributed by atoms with van der Waals surface area (Å²) < 4.78 is 24.5. The molecule has 2 aromatic carbocycles. The van der Waals surface area contributed by atoms with Gasteiger partial charge >= 0.3 is 5.97 Å². The first kappa shape index (κ1) is 18.1. The van der Waals surface area contributed by atoms with Gasteiger partial charge in [0, 0.05) is 16.1 Å². The van der Waals surface area contributed by atoms with Gasteiger partial charge in [-0.1, -0.05) is 24.9 Å². The summed E-state index contributed by atoms with van der Waals surface area (Å²) in [4.78, 5) is 11.8. The van der Waals surface area contributed by atoms with E-state index in [2.05, 4.69) is 0 Å². The molecule has 0 bridgehead atoms. The Morgan fingerprint density at radius 1 is 1.25 bits per heavy atom. The molecule has 0 aliphatic carbocycles. The molecule has 0 saturated heterocycles. The fourth-order valence-electron chi connectivity index (χ4n) is 2.36. The van der Waals surface area contributed by atoms with E-state index in [1.165, 1.54) is 37.4 Å². The predicted molar refractivity (Wildman–Crippen MR) is 90.8 cm³/mol. The highest BCUT2D eigenvalue weighted by Crippen LogP contribution is 2.41. The summed E-state index contributed by atoms with van der Waals surface area (Å²) in [5.74, 6) is -1.20. The first-order chi connectivity index (χ1) is 11.5. The third kappa shape index (κ3) is 3.79. The van der Waals surface area contributed by atoms with E-state index in [1.54, 1.807) is 0 Å². The molecule has 2 aromatic rings. The van der Waals surface area contributed by atoms with Gasteiger partial charge in [0.2, 0.25) is 0 Å². The molecule has 0 heterocycles. The number of benzene rings is 2. The molecule has 0 fully saturated rings. The van der Waals surface area contributed by atoms with Gasteiger partial charge < -0.3 is 14.6 Å². The Kier molecular flexibility index (Phi) is 6.04. The van der Waals surface area contributed by atoms with E-state index < -0.39 is 11.8 Å². The molecule has 128 valence electrons. The molecule has 0 amide bonds. The highest BCUT2D eigenvalue weighted by atomic mass is 35.5. The van der Waals surface area contributed by atoms with Crippen LogP contribution < -0.4 is 9.47 Å². The van der Waals surface area contributed by atoms with E-state index in [9.17, 15) is 14.3 Å². The molecule has 0 atom stereocenters. The predicted octanol–water partition coefficient (Wildman–Crippen LogP) is 5.03. The Balaban J connectivity index is 2.66. The number of carboxylic acid groups (broad SMARTS) is 1. The monoisotopic (exact) mass is 352 g/mol. The lowest BCUT2D eigenvalue weighted by atomic mass is 9.97. The summed E-state index contributed by atoms with van der Waals surface area (Å²) in [7, 11) is 1.42. The van der Waals surface area contributed by atoms with E-state index in [0.29, 0.717) is 12.4 Å². The van der Waals surface area contributed by atoms with E-state index >= 15 is 0 Å². The van der Waals surface area contributed by atoms with Crippen LogP contribution in [0.5, 0.6) is 11.5 Å². The minimum absolute atomic E-state index is 0.109. The van der Waals surface area contributed by atoms with Crippen LogP contribution >= 0.6 is 11.6 Å². The SMILES string of the molecule is CCCCOc1ccc(Cl)c(-c2cc(F)ccc2OC)c1C(=O)O. The molecule has 0 aliphatic heterocycles. The second-order valence-electron chi connectivity index (χ2n) is 5.15. The highest BCUT2D eigenvalue weighted by Gasteiger charge is 2.23. The number of hydrogen-bond acceptors (Lipinski definition) is 3. The van der Waals surface area contributed by atoms with Gasteiger partial charge in [0.25, 0.3) is 0 Å². The average Bonchev–Trinajstić information content (AvgIpc) is 2.55. The number of aromatic carboxylic acids is 1. The lowest BCUT2D eigenvalue weighted by Gasteiger charge is -2.16. The maximum Gasteiger partial charge on any atom is 0.340 e. The van der Waals surface area contributed by atoms with Gasteiger partial charge in [-0.15, -0.1) is 0 Å². The van der Waals surface area contributed by atoms with Crippen LogP contribution in [-0.2, 0) is 0 Å². The van der Waals surface area contributed by atoms with Crippen molar-refractivity contribution in [2.45, 2.75) is 19.8 Å². The van der Waals surface area contributed by atoms with E-state index in [4.69, 9.17) is 21.1 Å². The summed E-state index contributed by atoms with van der Waals surface area (Å²) >= 11 is 6.23. The number of unbranched alkanes of at least 4 members (excludes halogenated alkanes) is 1. The fourth-order valence-corrected chi connectivity index (χ4v) is 2.62. The minimum atomic E-state index is -1.20. The lowest BCUT2D eigenvalue weighted by Crippen LogP contribution is -2.07. The number of carbonyl (C=O) groups is 1. The van der Waals surface area contributed by atoms with E-state index in [1.807, 2.05) is 6.92 Å². The molecule has 0 aliphatic rings. The van der Waals surface area contributed by atoms with E-state index in [0.717, 1.165) is 12.8 Å². The number of methoxy groups -OCH3 is 1. The van der Waals surface area contributed by atoms with Crippen molar-refractivity contribution in [2.24, 2.45) is 0 Å². The van der Waals surface area contributed by atoms with Gasteiger partial charge in [-0.2, -0.15) is 0 Å². The molecular weight excluding hydrogens is 335 g/mol. The summed E-state index contributed by atoms with van der Waals surface area (Å²) in [6.07, 6.45) is 1.71. The van der Waals surface area contributed by atoms with E-state index in [-0.39, 0.29) is 27.5 Å². The van der Waals surface area contributed by atoms with Gasteiger partial charge in [0.15, 0.2) is 0 Å². The third-order valence-corrected chi connectivity index (χ3v) is 3.83. The van der Waals surface area contributed by atoms with Crippen molar-refractivity contribution in [3.63, 3.8) is 0 Å². The fraction of sp³-hybridized carbons (Fsp3) is 0.278. The van der Waals surface area contributed by atoms with Gasteiger partial charge in [0.05, 0.1) is 13.7 Å². The number of rotatable bonds is 7. The van der Waals surface area contributed by atoms with Crippen LogP contribution in [0.3, 0.4) is 0 Å². The molecule has 0 saturated carbocycles. The summed E-state index contributed by atoms with van der Waals surface area (Å²) in [6.45, 7) is 2.39. The lowest BCUT2D eigenvalue weighted by molar-refractivity contribution is 0.0693. The zero-order valence-electron chi connectivity index (χ0n) is 13.4. The van der Waals surface area contributed by atoms with Crippen molar-refractivity contribution in [1.82, 2.24) is 0 Å². The summed E-state index contributed by atoms with van der Waals surface area (Å²) in [6, 6.07) is 6.91. The number of halogens is 2. The van der Waals surface area contributed by atoms with Crippen LogP contribution in [0, 0.1) is 5.82 Å². The summed E-state index contributed by atoms with van der Waals surface area (Å²) in [5.41, 5.74) is 0.331. The maximum absolute atomic E-state index is 13.7. The normalized spacial score (nSPS) is 10.5. The summed E-state index contributed by atoms with van der Waals surface area (Å²) in [5, 5.41) is 9.83. The Morgan fingerprint density at radius 3 is 2.58 bits per heavy atom. The second-order valence-corrected chi connectivity index (χ2v) is 5.55. The standard InChI is InChI=1S/C18H18ClFO4/c1-3-4-9-24-15-8-6-13(19)16(17(15)18(21)22)12-10-11(20)5-7-14(12)23-2/h5-8,10H,3-4,9H2,1-2H3,(H,21,22). The van der Waals surface area contributed by atoms with Crippen molar-refractivity contribution in [2.75, 3.05) is 13.7 Å².